The van der Waals surface area contributed by atoms with Crippen LogP contribution in [0.25, 0.3) is 22.1 Å². The van der Waals surface area contributed by atoms with Crippen molar-refractivity contribution < 1.29 is 19.8 Å². The fourth-order valence-corrected chi connectivity index (χ4v) is 4.89. The van der Waals surface area contributed by atoms with Crippen LogP contribution >= 0.6 is 0 Å². The van der Waals surface area contributed by atoms with Gasteiger partial charge in [0.1, 0.15) is 5.82 Å². The van der Waals surface area contributed by atoms with E-state index in [4.69, 9.17) is 20.9 Å². The molecule has 1 aliphatic rings. The lowest BCUT2D eigenvalue weighted by molar-refractivity contribution is -0.134. The van der Waals surface area contributed by atoms with Gasteiger partial charge in [0.25, 0.3) is 5.56 Å². The summed E-state index contributed by atoms with van der Waals surface area (Å²) >= 11 is 0. The van der Waals surface area contributed by atoms with Crippen molar-refractivity contribution in [1.29, 1.82) is 0 Å². The quantitative estimate of drug-likeness (QED) is 0.214. The summed E-state index contributed by atoms with van der Waals surface area (Å²) in [7, 11) is 1.63. The van der Waals surface area contributed by atoms with Gasteiger partial charge in [-0.05, 0) is 32.8 Å². The van der Waals surface area contributed by atoms with Crippen molar-refractivity contribution in [3.05, 3.63) is 68.8 Å². The lowest BCUT2D eigenvalue weighted by Gasteiger charge is -2.31. The Morgan fingerprint density at radius 2 is 1.79 bits per heavy atom. The molecule has 3 aromatic heterocycles. The van der Waals surface area contributed by atoms with Gasteiger partial charge in [-0.15, -0.1) is 5.92 Å². The minimum Gasteiger partial charge on any atom is -0.478 e. The molecule has 0 radical (unpaired) electrons. The zero-order valence-electron chi connectivity index (χ0n) is 24.0. The minimum atomic E-state index is -1.26. The third-order valence-electron chi connectivity index (χ3n) is 6.88. The number of carbonyl (C=O) groups is 2. The van der Waals surface area contributed by atoms with Gasteiger partial charge in [-0.3, -0.25) is 18.5 Å². The lowest BCUT2D eigenvalue weighted by atomic mass is 10.1. The van der Waals surface area contributed by atoms with Gasteiger partial charge in [0.05, 0.1) is 18.6 Å². The van der Waals surface area contributed by atoms with E-state index >= 15 is 0 Å². The second kappa shape index (κ2) is 13.1. The van der Waals surface area contributed by atoms with Crippen molar-refractivity contribution in [2.45, 2.75) is 45.8 Å². The van der Waals surface area contributed by atoms with Crippen molar-refractivity contribution >= 4 is 40.0 Å². The number of carboxylic acid groups (broad SMARTS) is 2. The van der Waals surface area contributed by atoms with Gasteiger partial charge < -0.3 is 20.8 Å². The monoisotopic (exact) mass is 588 g/mol. The van der Waals surface area contributed by atoms with Crippen LogP contribution in [0.5, 0.6) is 0 Å². The maximum absolute atomic E-state index is 13.7. The number of benzene rings is 1. The Hall–Kier alpha value is -5.29. The van der Waals surface area contributed by atoms with Crippen LogP contribution in [0.4, 0.5) is 5.95 Å². The fourth-order valence-electron chi connectivity index (χ4n) is 4.89. The molecule has 1 aliphatic heterocycles. The van der Waals surface area contributed by atoms with Crippen LogP contribution in [0.1, 0.15) is 31.3 Å². The predicted molar refractivity (Wildman–Crippen MR) is 160 cm³/mol. The first-order chi connectivity index (χ1) is 20.5. The molecular formula is C29H32N8O6. The van der Waals surface area contributed by atoms with Gasteiger partial charge in [-0.25, -0.2) is 24.4 Å². The third-order valence-corrected chi connectivity index (χ3v) is 6.88. The standard InChI is InChI=1S/C25H28N8O2.C4H4O4/c1-4-5-13-32-21-22(29-24(32)31-12-8-9-17(26)14-31)30(3)25(35)33(23(21)34)15-20-27-16(2)18-10-6-7-11-19(18)28-20;5-3(6)1-2-4(7)8/h6-7,10-11,17H,8-9,12-15,26H2,1-3H3;1-2H,(H,5,6)(H,7,8)/b;2-1+/t17-;/m1./s1. The van der Waals surface area contributed by atoms with Crippen molar-refractivity contribution in [3.8, 4) is 11.8 Å². The van der Waals surface area contributed by atoms with Crippen molar-refractivity contribution in [2.24, 2.45) is 12.8 Å². The van der Waals surface area contributed by atoms with E-state index < -0.39 is 23.2 Å². The van der Waals surface area contributed by atoms with Crippen molar-refractivity contribution in [3.63, 3.8) is 0 Å². The molecule has 14 heteroatoms. The van der Waals surface area contributed by atoms with Gasteiger partial charge in [0.15, 0.2) is 11.2 Å². The Labute approximate surface area is 245 Å². The van der Waals surface area contributed by atoms with E-state index in [1.807, 2.05) is 31.2 Å². The number of carboxylic acids is 2. The zero-order valence-corrected chi connectivity index (χ0v) is 24.0. The van der Waals surface area contributed by atoms with Crippen LogP contribution in [-0.2, 0) is 29.7 Å². The number of para-hydroxylation sites is 1. The third kappa shape index (κ3) is 6.79. The molecular weight excluding hydrogens is 556 g/mol. The molecule has 1 atom stereocenters. The summed E-state index contributed by atoms with van der Waals surface area (Å²) in [5.74, 6) is 4.44. The largest absolute Gasteiger partial charge is 0.478 e. The van der Waals surface area contributed by atoms with Crippen LogP contribution in [-0.4, -0.2) is 69.9 Å². The highest BCUT2D eigenvalue weighted by atomic mass is 16.4. The summed E-state index contributed by atoms with van der Waals surface area (Å²) < 4.78 is 4.39. The number of fused-ring (bicyclic) bond motifs is 2. The maximum Gasteiger partial charge on any atom is 0.332 e. The van der Waals surface area contributed by atoms with Crippen LogP contribution in [0.3, 0.4) is 0 Å². The first-order valence-corrected chi connectivity index (χ1v) is 13.5. The van der Waals surface area contributed by atoms with Gasteiger partial charge in [0, 0.05) is 49.4 Å². The molecule has 0 aliphatic carbocycles. The molecule has 5 rings (SSSR count). The second-order valence-corrected chi connectivity index (χ2v) is 9.93. The number of piperidine rings is 1. The van der Waals surface area contributed by atoms with E-state index in [-0.39, 0.29) is 19.1 Å². The van der Waals surface area contributed by atoms with E-state index in [0.29, 0.717) is 41.6 Å². The molecule has 0 bridgehead atoms. The van der Waals surface area contributed by atoms with E-state index in [2.05, 4.69) is 26.7 Å². The topological polar surface area (TPSA) is 191 Å². The van der Waals surface area contributed by atoms with Gasteiger partial charge in [0.2, 0.25) is 5.95 Å². The number of aromatic nitrogens is 6. The molecule has 4 aromatic rings. The highest BCUT2D eigenvalue weighted by Crippen LogP contribution is 2.23. The highest BCUT2D eigenvalue weighted by molar-refractivity contribution is 5.89. The van der Waals surface area contributed by atoms with Crippen LogP contribution in [0.15, 0.2) is 46.0 Å². The summed E-state index contributed by atoms with van der Waals surface area (Å²) in [5, 5.41) is 16.6. The number of rotatable bonds is 6. The molecule has 0 saturated carbocycles. The molecule has 224 valence electrons. The minimum absolute atomic E-state index is 0.0306. The number of nitrogens with two attached hydrogens (primary N) is 1. The normalized spacial score (nSPS) is 14.8. The summed E-state index contributed by atoms with van der Waals surface area (Å²) in [6.45, 7) is 5.31. The number of hydrogen-bond acceptors (Lipinski definition) is 9. The maximum atomic E-state index is 13.7. The van der Waals surface area contributed by atoms with E-state index in [0.717, 1.165) is 36.0 Å². The number of hydrogen-bond donors (Lipinski definition) is 3. The summed E-state index contributed by atoms with van der Waals surface area (Å²) in [6, 6.07) is 7.71. The summed E-state index contributed by atoms with van der Waals surface area (Å²) in [4.78, 5) is 62.1. The first-order valence-electron chi connectivity index (χ1n) is 13.5. The number of aryl methyl sites for hydroxylation is 2. The Morgan fingerprint density at radius 3 is 2.44 bits per heavy atom. The smallest absolute Gasteiger partial charge is 0.332 e. The van der Waals surface area contributed by atoms with Crippen molar-refractivity contribution in [1.82, 2.24) is 28.7 Å². The fraction of sp³-hybridized carbons (Fsp3) is 0.345. The molecule has 0 amide bonds. The molecule has 4 N–H and O–H groups in total. The Balaban J connectivity index is 0.000000467. The molecule has 0 spiro atoms. The van der Waals surface area contributed by atoms with Crippen LogP contribution < -0.4 is 21.9 Å². The first kappa shape index (κ1) is 30.7. The average Bonchev–Trinajstić information content (AvgIpc) is 3.36. The van der Waals surface area contributed by atoms with Gasteiger partial charge in [-0.1, -0.05) is 24.1 Å². The second-order valence-electron chi connectivity index (χ2n) is 9.93. The molecule has 1 saturated heterocycles. The van der Waals surface area contributed by atoms with Gasteiger partial charge >= 0.3 is 17.6 Å². The number of nitrogens with zero attached hydrogens (tertiary/aromatic N) is 7. The summed E-state index contributed by atoms with van der Waals surface area (Å²) in [5.41, 5.74) is 7.54. The van der Waals surface area contributed by atoms with Crippen molar-refractivity contribution in [2.75, 3.05) is 18.0 Å². The Bertz CT molecular complexity index is 1890. The molecule has 4 heterocycles. The Kier molecular flexibility index (Phi) is 9.36. The number of aliphatic carboxylic acids is 2. The summed E-state index contributed by atoms with van der Waals surface area (Å²) in [6.07, 6.45) is 3.00. The van der Waals surface area contributed by atoms with Crippen LogP contribution in [0, 0.1) is 18.8 Å². The SMILES string of the molecule is CC#CCn1c(N2CCC[C@@H](N)C2)nc2c1c(=O)n(Cc1nc(C)c3ccccc3n1)c(=O)n2C.O=C(O)/C=C/C(=O)O. The van der Waals surface area contributed by atoms with E-state index in [9.17, 15) is 19.2 Å². The molecule has 1 aromatic carbocycles. The number of anilines is 1. The number of imidazole rings is 1. The van der Waals surface area contributed by atoms with E-state index in [1.54, 1.807) is 18.5 Å². The molecule has 0 unspecified atom stereocenters. The zero-order chi connectivity index (χ0) is 31.3. The molecule has 1 fully saturated rings. The predicted octanol–water partition coefficient (Wildman–Crippen LogP) is 0.859. The van der Waals surface area contributed by atoms with Crippen LogP contribution in [0.2, 0.25) is 0 Å². The molecule has 43 heavy (non-hydrogen) atoms. The Morgan fingerprint density at radius 1 is 1.09 bits per heavy atom. The highest BCUT2D eigenvalue weighted by Gasteiger charge is 2.26. The molecule has 14 nitrogen and oxygen atoms in total. The van der Waals surface area contributed by atoms with Gasteiger partial charge in [-0.2, -0.15) is 4.98 Å². The van der Waals surface area contributed by atoms with E-state index in [1.165, 1.54) is 9.13 Å². The lowest BCUT2D eigenvalue weighted by Crippen LogP contribution is -2.44. The average molecular weight is 589 g/mol.